The molecule has 6 nitrogen and oxygen atoms in total. The number of ether oxygens (including phenoxy) is 1. The number of carbonyl (C=O) groups is 1. The summed E-state index contributed by atoms with van der Waals surface area (Å²) in [5.74, 6) is -0.167. The maximum atomic E-state index is 12.3. The van der Waals surface area contributed by atoms with E-state index in [4.69, 9.17) is 4.74 Å². The van der Waals surface area contributed by atoms with Crippen LogP contribution in [-0.2, 0) is 20.5 Å². The average Bonchev–Trinajstić information content (AvgIpc) is 3.10. The fourth-order valence-electron chi connectivity index (χ4n) is 2.72. The van der Waals surface area contributed by atoms with Gasteiger partial charge in [-0.3, -0.25) is 4.79 Å². The molecule has 0 unspecified atom stereocenters. The number of nitrogens with zero attached hydrogens (tertiary/aromatic N) is 1. The Morgan fingerprint density at radius 3 is 2.44 bits per heavy atom. The smallest absolute Gasteiger partial charge is 0.251 e. The molecule has 0 aliphatic carbocycles. The van der Waals surface area contributed by atoms with E-state index in [0.29, 0.717) is 37.4 Å². The molecule has 7 heteroatoms. The highest BCUT2D eigenvalue weighted by Gasteiger charge is 2.25. The van der Waals surface area contributed by atoms with Crippen molar-refractivity contribution in [3.63, 3.8) is 0 Å². The monoisotopic (exact) mass is 368 g/mol. The lowest BCUT2D eigenvalue weighted by Crippen LogP contribution is -2.29. The summed E-state index contributed by atoms with van der Waals surface area (Å²) < 4.78 is 31.6. The third-order valence-electron chi connectivity index (χ3n) is 4.08. The molecule has 0 atom stereocenters. The Bertz CT molecular complexity index is 650. The summed E-state index contributed by atoms with van der Waals surface area (Å²) in [5, 5.41) is 2.84. The van der Waals surface area contributed by atoms with E-state index in [0.717, 1.165) is 19.3 Å². The summed E-state index contributed by atoms with van der Waals surface area (Å²) in [6, 6.07) is 6.78. The summed E-state index contributed by atoms with van der Waals surface area (Å²) >= 11 is 0. The first-order valence-corrected chi connectivity index (χ1v) is 10.5. The molecule has 1 saturated heterocycles. The molecule has 0 bridgehead atoms. The lowest BCUT2D eigenvalue weighted by atomic mass is 10.1. The highest BCUT2D eigenvalue weighted by atomic mass is 32.2. The van der Waals surface area contributed by atoms with Gasteiger partial charge in [-0.25, -0.2) is 12.7 Å². The third-order valence-corrected chi connectivity index (χ3v) is 5.93. The van der Waals surface area contributed by atoms with E-state index in [-0.39, 0.29) is 17.8 Å². The van der Waals surface area contributed by atoms with Crippen LogP contribution in [0.4, 0.5) is 0 Å². The number of carbonyl (C=O) groups excluding carboxylic acids is 1. The van der Waals surface area contributed by atoms with Gasteiger partial charge in [0.25, 0.3) is 5.91 Å². The van der Waals surface area contributed by atoms with Crippen LogP contribution in [0.5, 0.6) is 0 Å². The SMILES string of the molecule is CC(C)OCCCNC(=O)c1ccc(CS(=O)(=O)N2CCCC2)cc1. The van der Waals surface area contributed by atoms with Crippen LogP contribution >= 0.6 is 0 Å². The Kier molecular flexibility index (Phi) is 7.40. The maximum absolute atomic E-state index is 12.3. The van der Waals surface area contributed by atoms with Crippen LogP contribution < -0.4 is 5.32 Å². The zero-order valence-corrected chi connectivity index (χ0v) is 15.8. The van der Waals surface area contributed by atoms with Gasteiger partial charge < -0.3 is 10.1 Å². The van der Waals surface area contributed by atoms with Gasteiger partial charge in [0.2, 0.25) is 10.0 Å². The Hall–Kier alpha value is -1.44. The Labute approximate surface area is 150 Å². The lowest BCUT2D eigenvalue weighted by Gasteiger charge is -2.15. The number of amides is 1. The lowest BCUT2D eigenvalue weighted by molar-refractivity contribution is 0.0757. The summed E-state index contributed by atoms with van der Waals surface area (Å²) in [4.78, 5) is 12.1. The van der Waals surface area contributed by atoms with Crippen LogP contribution in [0, 0.1) is 0 Å². The molecule has 1 aromatic carbocycles. The molecule has 0 aromatic heterocycles. The van der Waals surface area contributed by atoms with Crippen LogP contribution in [0.3, 0.4) is 0 Å². The molecule has 140 valence electrons. The van der Waals surface area contributed by atoms with Crippen LogP contribution in [0.15, 0.2) is 24.3 Å². The van der Waals surface area contributed by atoms with Gasteiger partial charge in [0.15, 0.2) is 0 Å². The quantitative estimate of drug-likeness (QED) is 0.678. The molecule has 1 aromatic rings. The van der Waals surface area contributed by atoms with Crippen molar-refractivity contribution in [3.8, 4) is 0 Å². The summed E-state index contributed by atoms with van der Waals surface area (Å²) in [5.41, 5.74) is 1.24. The standard InChI is InChI=1S/C18H28N2O4S/c1-15(2)24-13-5-10-19-18(21)17-8-6-16(7-9-17)14-25(22,23)20-11-3-4-12-20/h6-9,15H,3-5,10-14H2,1-2H3,(H,19,21). The van der Waals surface area contributed by atoms with Gasteiger partial charge >= 0.3 is 0 Å². The number of rotatable bonds is 9. The number of nitrogens with one attached hydrogen (secondary N) is 1. The molecule has 0 radical (unpaired) electrons. The molecule has 1 aliphatic rings. The molecule has 2 rings (SSSR count). The van der Waals surface area contributed by atoms with Crippen molar-refractivity contribution in [2.75, 3.05) is 26.2 Å². The zero-order chi connectivity index (χ0) is 18.3. The van der Waals surface area contributed by atoms with Gasteiger partial charge in [-0.15, -0.1) is 0 Å². The summed E-state index contributed by atoms with van der Waals surface area (Å²) in [7, 11) is -3.25. The molecule has 1 amide bonds. The van der Waals surface area contributed by atoms with E-state index in [1.165, 1.54) is 0 Å². The van der Waals surface area contributed by atoms with E-state index < -0.39 is 10.0 Å². The van der Waals surface area contributed by atoms with Crippen molar-refractivity contribution in [1.82, 2.24) is 9.62 Å². The molecule has 0 saturated carbocycles. The minimum absolute atomic E-state index is 0.0125. The number of benzene rings is 1. The first-order valence-electron chi connectivity index (χ1n) is 8.85. The largest absolute Gasteiger partial charge is 0.379 e. The Morgan fingerprint density at radius 2 is 1.84 bits per heavy atom. The van der Waals surface area contributed by atoms with Gasteiger partial charge in [0.1, 0.15) is 0 Å². The normalized spacial score (nSPS) is 15.6. The second kappa shape index (κ2) is 9.31. The topological polar surface area (TPSA) is 75.7 Å². The van der Waals surface area contributed by atoms with Crippen molar-refractivity contribution in [3.05, 3.63) is 35.4 Å². The van der Waals surface area contributed by atoms with Crippen molar-refractivity contribution in [2.45, 2.75) is 45.0 Å². The van der Waals surface area contributed by atoms with Crippen molar-refractivity contribution in [2.24, 2.45) is 0 Å². The van der Waals surface area contributed by atoms with Crippen LogP contribution in [0.2, 0.25) is 0 Å². The van der Waals surface area contributed by atoms with Crippen molar-refractivity contribution in [1.29, 1.82) is 0 Å². The predicted octanol–water partition coefficient (Wildman–Crippen LogP) is 2.16. The minimum atomic E-state index is -3.25. The molecular weight excluding hydrogens is 340 g/mol. The van der Waals surface area contributed by atoms with E-state index in [1.54, 1.807) is 28.6 Å². The van der Waals surface area contributed by atoms with E-state index >= 15 is 0 Å². The highest BCUT2D eigenvalue weighted by molar-refractivity contribution is 7.88. The number of hydrogen-bond donors (Lipinski definition) is 1. The van der Waals surface area contributed by atoms with E-state index in [9.17, 15) is 13.2 Å². The Balaban J connectivity index is 1.81. The van der Waals surface area contributed by atoms with E-state index in [2.05, 4.69) is 5.32 Å². The van der Waals surface area contributed by atoms with Crippen molar-refractivity contribution < 1.29 is 17.9 Å². The second-order valence-corrected chi connectivity index (χ2v) is 8.56. The van der Waals surface area contributed by atoms with E-state index in [1.807, 2.05) is 13.8 Å². The van der Waals surface area contributed by atoms with Gasteiger partial charge in [0, 0.05) is 31.8 Å². The molecule has 1 heterocycles. The molecular formula is C18H28N2O4S. The second-order valence-electron chi connectivity index (χ2n) is 6.59. The average molecular weight is 368 g/mol. The molecule has 0 spiro atoms. The van der Waals surface area contributed by atoms with Gasteiger partial charge in [-0.05, 0) is 50.8 Å². The van der Waals surface area contributed by atoms with Crippen LogP contribution in [0.1, 0.15) is 49.0 Å². The Morgan fingerprint density at radius 1 is 1.20 bits per heavy atom. The van der Waals surface area contributed by atoms with Crippen LogP contribution in [0.25, 0.3) is 0 Å². The summed E-state index contributed by atoms with van der Waals surface area (Å²) in [6.45, 7) is 6.35. The fraction of sp³-hybridized carbons (Fsp3) is 0.611. The first kappa shape index (κ1) is 19.9. The highest BCUT2D eigenvalue weighted by Crippen LogP contribution is 2.17. The molecule has 25 heavy (non-hydrogen) atoms. The minimum Gasteiger partial charge on any atom is -0.379 e. The zero-order valence-electron chi connectivity index (χ0n) is 15.0. The van der Waals surface area contributed by atoms with Crippen LogP contribution in [-0.4, -0.2) is 51.0 Å². The van der Waals surface area contributed by atoms with Crippen molar-refractivity contribution >= 4 is 15.9 Å². The molecule has 1 fully saturated rings. The van der Waals surface area contributed by atoms with Gasteiger partial charge in [-0.1, -0.05) is 12.1 Å². The first-order chi connectivity index (χ1) is 11.9. The molecule has 1 N–H and O–H groups in total. The predicted molar refractivity (Wildman–Crippen MR) is 97.9 cm³/mol. The maximum Gasteiger partial charge on any atom is 0.251 e. The van der Waals surface area contributed by atoms with Gasteiger partial charge in [0.05, 0.1) is 11.9 Å². The molecule has 1 aliphatic heterocycles. The van der Waals surface area contributed by atoms with Gasteiger partial charge in [-0.2, -0.15) is 0 Å². The number of sulfonamides is 1. The number of hydrogen-bond acceptors (Lipinski definition) is 4. The fourth-order valence-corrected chi connectivity index (χ4v) is 4.33. The summed E-state index contributed by atoms with van der Waals surface area (Å²) in [6.07, 6.45) is 2.82. The third kappa shape index (κ3) is 6.41.